The highest BCUT2D eigenvalue weighted by atomic mass is 32.1. The molecule has 0 atom stereocenters. The minimum absolute atomic E-state index is 0.0132. The van der Waals surface area contributed by atoms with Gasteiger partial charge in [0.15, 0.2) is 5.82 Å². The molecule has 0 aromatic carbocycles. The first-order valence-electron chi connectivity index (χ1n) is 7.52. The summed E-state index contributed by atoms with van der Waals surface area (Å²) in [6.45, 7) is 13.9. The number of hydrogen-bond donors (Lipinski definition) is 1. The van der Waals surface area contributed by atoms with Gasteiger partial charge in [0.25, 0.3) is 0 Å². The van der Waals surface area contributed by atoms with Crippen LogP contribution in [0.1, 0.15) is 49.6 Å². The van der Waals surface area contributed by atoms with E-state index in [1.54, 1.807) is 11.3 Å². The second-order valence-corrected chi connectivity index (χ2v) is 7.93. The number of rotatable bonds is 4. The Balaban J connectivity index is 2.51. The molecule has 0 saturated carbocycles. The predicted molar refractivity (Wildman–Crippen MR) is 92.3 cm³/mol. The van der Waals surface area contributed by atoms with Crippen molar-refractivity contribution in [2.24, 2.45) is 0 Å². The van der Waals surface area contributed by atoms with Crippen molar-refractivity contribution in [1.29, 1.82) is 0 Å². The summed E-state index contributed by atoms with van der Waals surface area (Å²) >= 11 is 1.80. The number of thiophene rings is 1. The van der Waals surface area contributed by atoms with Crippen molar-refractivity contribution < 1.29 is 0 Å². The van der Waals surface area contributed by atoms with Crippen LogP contribution in [0.3, 0.4) is 0 Å². The van der Waals surface area contributed by atoms with E-state index in [2.05, 4.69) is 59.0 Å². The second-order valence-electron chi connectivity index (χ2n) is 6.47. The van der Waals surface area contributed by atoms with E-state index < -0.39 is 0 Å². The van der Waals surface area contributed by atoms with Crippen LogP contribution in [0.25, 0.3) is 11.4 Å². The van der Waals surface area contributed by atoms with E-state index in [1.165, 1.54) is 9.75 Å². The van der Waals surface area contributed by atoms with Gasteiger partial charge in [-0.15, -0.1) is 11.3 Å². The zero-order valence-electron chi connectivity index (χ0n) is 13.9. The molecule has 2 rings (SSSR count). The molecule has 0 aliphatic heterocycles. The third-order valence-electron chi connectivity index (χ3n) is 3.33. The lowest BCUT2D eigenvalue weighted by atomic mass is 9.91. The lowest BCUT2D eigenvalue weighted by Gasteiger charge is -2.19. The van der Waals surface area contributed by atoms with Gasteiger partial charge in [-0.3, -0.25) is 0 Å². The molecule has 2 aromatic rings. The van der Waals surface area contributed by atoms with Crippen LogP contribution in [0.2, 0.25) is 0 Å². The first kappa shape index (κ1) is 16.0. The fourth-order valence-electron chi connectivity index (χ4n) is 2.15. The minimum Gasteiger partial charge on any atom is -0.370 e. The maximum absolute atomic E-state index is 4.81. The van der Waals surface area contributed by atoms with E-state index in [1.807, 2.05) is 0 Å². The Morgan fingerprint density at radius 2 is 1.86 bits per heavy atom. The number of nitrogens with one attached hydrogen (secondary N) is 1. The summed E-state index contributed by atoms with van der Waals surface area (Å²) in [4.78, 5) is 12.1. The molecule has 1 N–H and O–H groups in total. The Morgan fingerprint density at radius 3 is 2.38 bits per heavy atom. The van der Waals surface area contributed by atoms with Crippen LogP contribution in [-0.2, 0) is 5.41 Å². The molecule has 0 bridgehead atoms. The van der Waals surface area contributed by atoms with Crippen LogP contribution >= 0.6 is 11.3 Å². The molecular weight excluding hydrogens is 278 g/mol. The van der Waals surface area contributed by atoms with Gasteiger partial charge in [-0.1, -0.05) is 27.7 Å². The monoisotopic (exact) mass is 303 g/mol. The van der Waals surface area contributed by atoms with Gasteiger partial charge in [0.2, 0.25) is 0 Å². The van der Waals surface area contributed by atoms with E-state index >= 15 is 0 Å². The highest BCUT2D eigenvalue weighted by Gasteiger charge is 2.19. The summed E-state index contributed by atoms with van der Waals surface area (Å²) < 4.78 is 0. The average Bonchev–Trinajstić information content (AvgIpc) is 2.74. The van der Waals surface area contributed by atoms with Gasteiger partial charge in [0, 0.05) is 33.3 Å². The van der Waals surface area contributed by atoms with Crippen molar-refractivity contribution >= 4 is 17.2 Å². The summed E-state index contributed by atoms with van der Waals surface area (Å²) in [5.74, 6) is 1.76. The Hall–Kier alpha value is -1.42. The number of hydrogen-bond acceptors (Lipinski definition) is 4. The zero-order valence-corrected chi connectivity index (χ0v) is 14.7. The third kappa shape index (κ3) is 3.82. The Labute approximate surface area is 131 Å². The lowest BCUT2D eigenvalue weighted by molar-refractivity contribution is 0.568. The predicted octanol–water partition coefficient (Wildman–Crippen LogP) is 4.94. The Morgan fingerprint density at radius 1 is 1.14 bits per heavy atom. The van der Waals surface area contributed by atoms with Crippen molar-refractivity contribution in [3.05, 3.63) is 27.6 Å². The van der Waals surface area contributed by atoms with Crippen molar-refractivity contribution in [2.45, 2.75) is 53.4 Å². The van der Waals surface area contributed by atoms with Gasteiger partial charge >= 0.3 is 0 Å². The Bertz CT molecular complexity index is 623. The van der Waals surface area contributed by atoms with E-state index in [-0.39, 0.29) is 5.41 Å². The molecule has 2 aromatic heterocycles. The lowest BCUT2D eigenvalue weighted by Crippen LogP contribution is -2.16. The highest BCUT2D eigenvalue weighted by Crippen LogP contribution is 2.31. The van der Waals surface area contributed by atoms with Gasteiger partial charge in [-0.05, 0) is 26.3 Å². The topological polar surface area (TPSA) is 37.8 Å². The van der Waals surface area contributed by atoms with E-state index in [4.69, 9.17) is 9.97 Å². The first-order chi connectivity index (χ1) is 9.81. The van der Waals surface area contributed by atoms with Crippen LogP contribution in [-0.4, -0.2) is 16.5 Å². The molecule has 21 heavy (non-hydrogen) atoms. The number of anilines is 1. The maximum Gasteiger partial charge on any atom is 0.162 e. The molecule has 0 unspecified atom stereocenters. The summed E-state index contributed by atoms with van der Waals surface area (Å²) in [6.07, 6.45) is 1.08. The normalized spacial score (nSPS) is 11.7. The second kappa shape index (κ2) is 6.14. The molecule has 3 nitrogen and oxygen atoms in total. The number of aromatic nitrogens is 2. The summed E-state index contributed by atoms with van der Waals surface area (Å²) in [7, 11) is 0. The van der Waals surface area contributed by atoms with Crippen molar-refractivity contribution in [3.63, 3.8) is 0 Å². The third-order valence-corrected chi connectivity index (χ3v) is 4.30. The molecule has 0 spiro atoms. The van der Waals surface area contributed by atoms with E-state index in [9.17, 15) is 0 Å². The molecule has 0 fully saturated rings. The molecule has 0 radical (unpaired) electrons. The van der Waals surface area contributed by atoms with Crippen LogP contribution in [0.15, 0.2) is 12.1 Å². The molecule has 0 aliphatic rings. The van der Waals surface area contributed by atoms with Crippen LogP contribution in [0, 0.1) is 13.8 Å². The molecular formula is C17H25N3S. The van der Waals surface area contributed by atoms with E-state index in [0.717, 1.165) is 35.9 Å². The smallest absolute Gasteiger partial charge is 0.162 e. The Kier molecular flexibility index (Phi) is 4.67. The maximum atomic E-state index is 4.81. The van der Waals surface area contributed by atoms with Gasteiger partial charge in [0.1, 0.15) is 5.82 Å². The van der Waals surface area contributed by atoms with Crippen LogP contribution in [0.4, 0.5) is 5.82 Å². The molecule has 0 saturated heterocycles. The largest absolute Gasteiger partial charge is 0.370 e. The quantitative estimate of drug-likeness (QED) is 0.869. The molecule has 0 aliphatic carbocycles. The summed E-state index contributed by atoms with van der Waals surface area (Å²) in [6, 6.07) is 4.26. The summed E-state index contributed by atoms with van der Waals surface area (Å²) in [5.41, 5.74) is 2.25. The standard InChI is InChI=1S/C17H25N3S/c1-7-8-18-15-10-14(17(4,5)6)19-16(20-15)13-9-11(2)21-12(13)3/h9-10H,7-8H2,1-6H3,(H,18,19,20). The molecule has 4 heteroatoms. The van der Waals surface area contributed by atoms with Crippen LogP contribution in [0.5, 0.6) is 0 Å². The minimum atomic E-state index is 0.0132. The van der Waals surface area contributed by atoms with Gasteiger partial charge in [0.05, 0.1) is 5.69 Å². The van der Waals surface area contributed by atoms with Gasteiger partial charge in [-0.2, -0.15) is 0 Å². The van der Waals surface area contributed by atoms with Crippen LogP contribution < -0.4 is 5.32 Å². The molecule has 2 heterocycles. The highest BCUT2D eigenvalue weighted by molar-refractivity contribution is 7.12. The molecule has 0 amide bonds. The van der Waals surface area contributed by atoms with Gasteiger partial charge < -0.3 is 5.32 Å². The fraction of sp³-hybridized carbons (Fsp3) is 0.529. The van der Waals surface area contributed by atoms with E-state index in [0.29, 0.717) is 0 Å². The zero-order chi connectivity index (χ0) is 15.6. The van der Waals surface area contributed by atoms with Crippen molar-refractivity contribution in [3.8, 4) is 11.4 Å². The number of aryl methyl sites for hydroxylation is 2. The molecule has 114 valence electrons. The van der Waals surface area contributed by atoms with Gasteiger partial charge in [-0.25, -0.2) is 9.97 Å². The van der Waals surface area contributed by atoms with Crippen molar-refractivity contribution in [1.82, 2.24) is 9.97 Å². The summed E-state index contributed by atoms with van der Waals surface area (Å²) in [5, 5.41) is 3.40. The first-order valence-corrected chi connectivity index (χ1v) is 8.33. The number of nitrogens with zero attached hydrogens (tertiary/aromatic N) is 2. The SMILES string of the molecule is CCCNc1cc(C(C)(C)C)nc(-c2cc(C)sc2C)n1. The van der Waals surface area contributed by atoms with Crippen molar-refractivity contribution in [2.75, 3.05) is 11.9 Å². The average molecular weight is 303 g/mol. The fourth-order valence-corrected chi connectivity index (χ4v) is 3.07.